The fraction of sp³-hybridized carbons (Fsp3) is 0.231. The Morgan fingerprint density at radius 3 is 2.50 bits per heavy atom. The summed E-state index contributed by atoms with van der Waals surface area (Å²) in [5, 5.41) is 0. The molecule has 3 nitrogen and oxygen atoms in total. The minimum atomic E-state index is -3.52. The third-order valence-electron chi connectivity index (χ3n) is 2.81. The van der Waals surface area contributed by atoms with Crippen molar-refractivity contribution in [3.63, 3.8) is 0 Å². The fourth-order valence-electron chi connectivity index (χ4n) is 1.84. The molecule has 1 N–H and O–H groups in total. The molecule has 1 atom stereocenters. The summed E-state index contributed by atoms with van der Waals surface area (Å²) < 4.78 is 29.2. The third-order valence-corrected chi connectivity index (χ3v) is 6.66. The van der Waals surface area contributed by atoms with E-state index in [0.717, 1.165) is 18.7 Å². The monoisotopic (exact) mass is 437 g/mol. The fourth-order valence-corrected chi connectivity index (χ4v) is 5.90. The van der Waals surface area contributed by atoms with Crippen LogP contribution >= 0.6 is 43.2 Å². The lowest BCUT2D eigenvalue weighted by molar-refractivity contribution is 0.567. The van der Waals surface area contributed by atoms with E-state index in [1.165, 1.54) is 11.3 Å². The maximum Gasteiger partial charge on any atom is 0.242 e. The Kier molecular flexibility index (Phi) is 5.07. The van der Waals surface area contributed by atoms with Crippen molar-refractivity contribution in [2.24, 2.45) is 0 Å². The highest BCUT2D eigenvalue weighted by Crippen LogP contribution is 2.30. The van der Waals surface area contributed by atoms with Gasteiger partial charge < -0.3 is 0 Å². The molecular weight excluding hydrogens is 426 g/mol. The average Bonchev–Trinajstić information content (AvgIpc) is 2.69. The molecule has 1 aromatic heterocycles. The van der Waals surface area contributed by atoms with Gasteiger partial charge in [-0.25, -0.2) is 13.1 Å². The molecule has 0 radical (unpaired) electrons. The predicted molar refractivity (Wildman–Crippen MR) is 89.6 cm³/mol. The maximum atomic E-state index is 12.4. The zero-order valence-corrected chi connectivity index (χ0v) is 15.7. The molecule has 108 valence electrons. The number of benzene rings is 1. The summed E-state index contributed by atoms with van der Waals surface area (Å²) in [5.41, 5.74) is 0.912. The Bertz CT molecular complexity index is 726. The number of aryl methyl sites for hydroxylation is 1. The van der Waals surface area contributed by atoms with Crippen molar-refractivity contribution in [2.75, 3.05) is 0 Å². The first-order chi connectivity index (χ1) is 9.29. The number of halogens is 2. The van der Waals surface area contributed by atoms with Crippen LogP contribution in [-0.4, -0.2) is 8.42 Å². The van der Waals surface area contributed by atoms with E-state index in [0.29, 0.717) is 4.90 Å². The molecule has 1 aromatic carbocycles. The first-order valence-corrected chi connectivity index (χ1v) is 9.72. The van der Waals surface area contributed by atoms with Crippen molar-refractivity contribution in [2.45, 2.75) is 24.8 Å². The first-order valence-electron chi connectivity index (χ1n) is 5.83. The second kappa shape index (κ2) is 6.27. The topological polar surface area (TPSA) is 46.2 Å². The minimum Gasteiger partial charge on any atom is -0.207 e. The van der Waals surface area contributed by atoms with Crippen LogP contribution in [0.5, 0.6) is 0 Å². The molecule has 2 aromatic rings. The largest absolute Gasteiger partial charge is 0.242 e. The number of rotatable bonds is 4. The summed E-state index contributed by atoms with van der Waals surface area (Å²) in [4.78, 5) is 1.10. The van der Waals surface area contributed by atoms with Gasteiger partial charge in [-0.2, -0.15) is 0 Å². The normalized spacial score (nSPS) is 13.4. The molecule has 0 aliphatic carbocycles. The zero-order chi connectivity index (χ0) is 14.9. The number of hydrogen-bond donors (Lipinski definition) is 1. The highest BCUT2D eigenvalue weighted by Gasteiger charge is 2.22. The van der Waals surface area contributed by atoms with Gasteiger partial charge in [0, 0.05) is 15.4 Å². The van der Waals surface area contributed by atoms with Crippen molar-refractivity contribution in [3.05, 3.63) is 49.0 Å². The SMILES string of the molecule is Cc1sc(Br)cc1S(=O)(=O)NC(C)c1cccc(Br)c1. The Labute approximate surface area is 139 Å². The summed E-state index contributed by atoms with van der Waals surface area (Å²) in [6, 6.07) is 8.94. The van der Waals surface area contributed by atoms with E-state index in [1.807, 2.05) is 31.2 Å². The van der Waals surface area contributed by atoms with Crippen molar-refractivity contribution in [3.8, 4) is 0 Å². The smallest absolute Gasteiger partial charge is 0.207 e. The number of sulfonamides is 1. The molecule has 1 heterocycles. The second-order valence-corrected chi connectivity index (χ2v) is 9.60. The molecule has 20 heavy (non-hydrogen) atoms. The number of hydrogen-bond acceptors (Lipinski definition) is 3. The molecule has 0 fully saturated rings. The van der Waals surface area contributed by atoms with Gasteiger partial charge in [0.25, 0.3) is 0 Å². The van der Waals surface area contributed by atoms with Crippen molar-refractivity contribution < 1.29 is 8.42 Å². The van der Waals surface area contributed by atoms with Gasteiger partial charge in [0.2, 0.25) is 10.0 Å². The minimum absolute atomic E-state index is 0.296. The quantitative estimate of drug-likeness (QED) is 0.756. The van der Waals surface area contributed by atoms with E-state index in [1.54, 1.807) is 13.0 Å². The van der Waals surface area contributed by atoms with Crippen LogP contribution < -0.4 is 4.72 Å². The molecule has 0 aliphatic rings. The highest BCUT2D eigenvalue weighted by molar-refractivity contribution is 9.11. The van der Waals surface area contributed by atoms with Gasteiger partial charge in [-0.3, -0.25) is 0 Å². The van der Waals surface area contributed by atoms with E-state index >= 15 is 0 Å². The van der Waals surface area contributed by atoms with Crippen LogP contribution in [0.1, 0.15) is 23.4 Å². The molecule has 1 unspecified atom stereocenters. The standard InChI is InChI=1S/C13H13Br2NO2S2/c1-8(10-4-3-5-11(14)6-10)16-20(17,18)12-7-13(15)19-9(12)2/h3-8,16H,1-2H3. The van der Waals surface area contributed by atoms with Crippen LogP contribution in [0, 0.1) is 6.92 Å². The highest BCUT2D eigenvalue weighted by atomic mass is 79.9. The van der Waals surface area contributed by atoms with E-state index < -0.39 is 10.0 Å². The van der Waals surface area contributed by atoms with Crippen molar-refractivity contribution >= 4 is 53.2 Å². The second-order valence-electron chi connectivity index (χ2n) is 4.37. The summed E-state index contributed by atoms with van der Waals surface area (Å²) in [5.74, 6) is 0. The lowest BCUT2D eigenvalue weighted by atomic mass is 10.1. The summed E-state index contributed by atoms with van der Waals surface area (Å²) in [6.45, 7) is 3.63. The first kappa shape index (κ1) is 16.2. The Morgan fingerprint density at radius 1 is 1.25 bits per heavy atom. The molecule has 0 saturated carbocycles. The molecule has 0 aliphatic heterocycles. The number of nitrogens with one attached hydrogen (secondary N) is 1. The van der Waals surface area contributed by atoms with Gasteiger partial charge in [0.05, 0.1) is 8.68 Å². The molecule has 2 rings (SSSR count). The van der Waals surface area contributed by atoms with Gasteiger partial charge in [0.15, 0.2) is 0 Å². The Balaban J connectivity index is 2.27. The van der Waals surface area contributed by atoms with E-state index in [4.69, 9.17) is 0 Å². The maximum absolute atomic E-state index is 12.4. The van der Waals surface area contributed by atoms with Crippen molar-refractivity contribution in [1.29, 1.82) is 0 Å². The lowest BCUT2D eigenvalue weighted by Crippen LogP contribution is -2.27. The lowest BCUT2D eigenvalue weighted by Gasteiger charge is -2.14. The van der Waals surface area contributed by atoms with Gasteiger partial charge in [0.1, 0.15) is 0 Å². The molecule has 7 heteroatoms. The summed E-state index contributed by atoms with van der Waals surface area (Å²) in [7, 11) is -3.52. The molecule has 0 spiro atoms. The van der Waals surface area contributed by atoms with Gasteiger partial charge in [-0.1, -0.05) is 28.1 Å². The van der Waals surface area contributed by atoms with Crippen LogP contribution in [0.15, 0.2) is 43.5 Å². The van der Waals surface area contributed by atoms with Crippen LogP contribution in [0.2, 0.25) is 0 Å². The zero-order valence-electron chi connectivity index (χ0n) is 10.9. The average molecular weight is 439 g/mol. The molecule has 0 saturated heterocycles. The van der Waals surface area contributed by atoms with Gasteiger partial charge in [-0.15, -0.1) is 11.3 Å². The van der Waals surface area contributed by atoms with Gasteiger partial charge >= 0.3 is 0 Å². The third kappa shape index (κ3) is 3.71. The van der Waals surface area contributed by atoms with E-state index in [2.05, 4.69) is 36.6 Å². The molecule has 0 amide bonds. The molecular formula is C13H13Br2NO2S2. The predicted octanol–water partition coefficient (Wildman–Crippen LogP) is 4.62. The Hall–Kier alpha value is -0.210. The van der Waals surface area contributed by atoms with Crippen molar-refractivity contribution in [1.82, 2.24) is 4.72 Å². The van der Waals surface area contributed by atoms with Crippen LogP contribution in [0.4, 0.5) is 0 Å². The van der Waals surface area contributed by atoms with Crippen LogP contribution in [0.3, 0.4) is 0 Å². The summed E-state index contributed by atoms with van der Waals surface area (Å²) in [6.07, 6.45) is 0. The van der Waals surface area contributed by atoms with Crippen LogP contribution in [-0.2, 0) is 10.0 Å². The molecule has 0 bridgehead atoms. The Morgan fingerprint density at radius 2 is 1.95 bits per heavy atom. The summed E-state index contributed by atoms with van der Waals surface area (Å²) >= 11 is 8.12. The number of thiophene rings is 1. The van der Waals surface area contributed by atoms with E-state index in [-0.39, 0.29) is 6.04 Å². The van der Waals surface area contributed by atoms with Gasteiger partial charge in [-0.05, 0) is 53.5 Å². The van der Waals surface area contributed by atoms with Crippen LogP contribution in [0.25, 0.3) is 0 Å². The van der Waals surface area contributed by atoms with E-state index in [9.17, 15) is 8.42 Å².